The third kappa shape index (κ3) is 5.07. The zero-order valence-electron chi connectivity index (χ0n) is 16.9. The normalized spacial score (nSPS) is 20.4. The van der Waals surface area contributed by atoms with E-state index in [1.165, 1.54) is 11.6 Å². The first-order valence-electron chi connectivity index (χ1n) is 10.1. The number of benzene rings is 1. The highest BCUT2D eigenvalue weighted by Crippen LogP contribution is 2.34. The average Bonchev–Trinajstić information content (AvgIpc) is 2.69. The van der Waals surface area contributed by atoms with Crippen molar-refractivity contribution >= 4 is 0 Å². The summed E-state index contributed by atoms with van der Waals surface area (Å²) < 4.78 is 5.08. The molecule has 1 fully saturated rings. The molecule has 0 spiro atoms. The van der Waals surface area contributed by atoms with Gasteiger partial charge in [0.15, 0.2) is 0 Å². The lowest BCUT2D eigenvalue weighted by atomic mass is 9.77. The largest absolute Gasteiger partial charge is 0.396 e. The number of methoxy groups -OCH3 is 1. The fraction of sp³-hybridized carbons (Fsp3) is 0.545. The second kappa shape index (κ2) is 9.45. The summed E-state index contributed by atoms with van der Waals surface area (Å²) >= 11 is 0. The van der Waals surface area contributed by atoms with Crippen molar-refractivity contribution in [3.05, 3.63) is 51.9 Å². The Morgan fingerprint density at radius 2 is 2.11 bits per heavy atom. The Kier molecular flexibility index (Phi) is 6.99. The van der Waals surface area contributed by atoms with Gasteiger partial charge < -0.3 is 14.8 Å². The lowest BCUT2D eigenvalue weighted by Gasteiger charge is -2.42. The Balaban J connectivity index is 1.70. The highest BCUT2D eigenvalue weighted by Gasteiger charge is 2.33. The predicted octanol–water partition coefficient (Wildman–Crippen LogP) is 2.96. The highest BCUT2D eigenvalue weighted by atomic mass is 16.5. The van der Waals surface area contributed by atoms with Gasteiger partial charge in [-0.15, -0.1) is 0 Å². The molecule has 0 amide bonds. The van der Waals surface area contributed by atoms with E-state index in [0.717, 1.165) is 50.9 Å². The van der Waals surface area contributed by atoms with E-state index >= 15 is 0 Å². The molecule has 0 saturated carbocycles. The molecule has 2 heterocycles. The van der Waals surface area contributed by atoms with E-state index in [2.05, 4.69) is 33.9 Å². The van der Waals surface area contributed by atoms with Crippen LogP contribution in [-0.4, -0.2) is 46.8 Å². The van der Waals surface area contributed by atoms with Crippen molar-refractivity contribution in [1.29, 1.82) is 0 Å². The molecule has 1 aliphatic heterocycles. The lowest BCUT2D eigenvalue weighted by Crippen LogP contribution is -2.44. The zero-order chi connectivity index (χ0) is 20.0. The van der Waals surface area contributed by atoms with Gasteiger partial charge in [0, 0.05) is 43.9 Å². The van der Waals surface area contributed by atoms with Gasteiger partial charge in [-0.2, -0.15) is 0 Å². The van der Waals surface area contributed by atoms with Crippen molar-refractivity contribution < 1.29 is 9.84 Å². The molecule has 2 N–H and O–H groups in total. The van der Waals surface area contributed by atoms with Crippen LogP contribution in [0.15, 0.2) is 35.1 Å². The van der Waals surface area contributed by atoms with Gasteiger partial charge in [0.25, 0.3) is 5.56 Å². The summed E-state index contributed by atoms with van der Waals surface area (Å²) in [5.41, 5.74) is 2.61. The van der Waals surface area contributed by atoms with Crippen LogP contribution in [0.2, 0.25) is 0 Å². The van der Waals surface area contributed by atoms with E-state index in [0.29, 0.717) is 18.1 Å². The summed E-state index contributed by atoms with van der Waals surface area (Å²) in [5.74, 6) is 0.561. The molecule has 0 radical (unpaired) electrons. The number of hydrogen-bond donors (Lipinski definition) is 2. The maximum Gasteiger partial charge on any atom is 0.251 e. The van der Waals surface area contributed by atoms with Crippen LogP contribution in [0.5, 0.6) is 0 Å². The van der Waals surface area contributed by atoms with Crippen LogP contribution in [0.3, 0.4) is 0 Å². The number of nitrogens with zero attached hydrogens (tertiary/aromatic N) is 2. The molecule has 1 unspecified atom stereocenters. The lowest BCUT2D eigenvalue weighted by molar-refractivity contribution is 0.0216. The van der Waals surface area contributed by atoms with Crippen LogP contribution in [-0.2, 0) is 17.9 Å². The summed E-state index contributed by atoms with van der Waals surface area (Å²) in [6, 6.07) is 9.64. The van der Waals surface area contributed by atoms with Gasteiger partial charge in [-0.05, 0) is 31.4 Å². The molecule has 3 rings (SSSR count). The molecule has 1 aliphatic rings. The molecule has 1 saturated heterocycles. The number of aliphatic hydroxyl groups is 1. The van der Waals surface area contributed by atoms with Crippen LogP contribution in [0, 0.1) is 5.41 Å². The maximum atomic E-state index is 11.9. The van der Waals surface area contributed by atoms with E-state index < -0.39 is 0 Å². The molecule has 1 atom stereocenters. The number of rotatable bonds is 8. The van der Waals surface area contributed by atoms with Gasteiger partial charge in [-0.3, -0.25) is 9.69 Å². The number of H-pyrrole nitrogens is 1. The molecule has 1 aromatic heterocycles. The van der Waals surface area contributed by atoms with Crippen LogP contribution in [0.1, 0.15) is 43.9 Å². The van der Waals surface area contributed by atoms with Crippen molar-refractivity contribution in [1.82, 2.24) is 14.9 Å². The number of hydrogen-bond acceptors (Lipinski definition) is 5. The highest BCUT2D eigenvalue weighted by molar-refractivity contribution is 5.55. The molecule has 2 aromatic rings. The van der Waals surface area contributed by atoms with E-state index in [9.17, 15) is 9.90 Å². The zero-order valence-corrected chi connectivity index (χ0v) is 16.9. The van der Waals surface area contributed by atoms with Gasteiger partial charge in [0.05, 0.1) is 12.3 Å². The van der Waals surface area contributed by atoms with Crippen LogP contribution >= 0.6 is 0 Å². The molecule has 1 aromatic carbocycles. The van der Waals surface area contributed by atoms with Crippen LogP contribution in [0.25, 0.3) is 11.4 Å². The SMILES string of the molecule is CCCC1(CO)CCCN(Cc2ccc(-c3nc(COC)cc(=O)[nH]3)cc2)C1. The summed E-state index contributed by atoms with van der Waals surface area (Å²) in [5, 5.41) is 9.93. The average molecular weight is 386 g/mol. The topological polar surface area (TPSA) is 78.5 Å². The second-order valence-electron chi connectivity index (χ2n) is 7.94. The molecule has 0 bridgehead atoms. The number of aliphatic hydroxyl groups excluding tert-OH is 1. The Labute approximate surface area is 166 Å². The standard InChI is InChI=1S/C22H31N3O3/c1-3-9-22(16-26)10-4-11-25(15-22)13-17-5-7-18(8-6-17)21-23-19(14-28-2)12-20(27)24-21/h5-8,12,26H,3-4,9-11,13-16H2,1-2H3,(H,23,24,27). The van der Waals surface area contributed by atoms with Gasteiger partial charge in [0.1, 0.15) is 5.82 Å². The first kappa shape index (κ1) is 20.7. The Bertz CT molecular complexity index is 815. The van der Waals surface area contributed by atoms with Crippen molar-refractivity contribution in [3.63, 3.8) is 0 Å². The predicted molar refractivity (Wildman–Crippen MR) is 110 cm³/mol. The van der Waals surface area contributed by atoms with E-state index in [4.69, 9.17) is 4.74 Å². The smallest absolute Gasteiger partial charge is 0.251 e. The minimum absolute atomic E-state index is 0.0537. The van der Waals surface area contributed by atoms with Gasteiger partial charge in [0.2, 0.25) is 0 Å². The molecular weight excluding hydrogens is 354 g/mol. The van der Waals surface area contributed by atoms with E-state index in [-0.39, 0.29) is 17.6 Å². The third-order valence-corrected chi connectivity index (χ3v) is 5.58. The Hall–Kier alpha value is -2.02. The van der Waals surface area contributed by atoms with Gasteiger partial charge in [-0.25, -0.2) is 4.98 Å². The van der Waals surface area contributed by atoms with Crippen LogP contribution < -0.4 is 5.56 Å². The third-order valence-electron chi connectivity index (χ3n) is 5.58. The van der Waals surface area contributed by atoms with Gasteiger partial charge >= 0.3 is 0 Å². The molecule has 152 valence electrons. The van der Waals surface area contributed by atoms with Gasteiger partial charge in [-0.1, -0.05) is 37.6 Å². The Morgan fingerprint density at radius 3 is 2.79 bits per heavy atom. The number of aromatic amines is 1. The number of aromatic nitrogens is 2. The quantitative estimate of drug-likeness (QED) is 0.730. The summed E-state index contributed by atoms with van der Waals surface area (Å²) in [7, 11) is 1.59. The molecule has 0 aliphatic carbocycles. The van der Waals surface area contributed by atoms with Crippen molar-refractivity contribution in [3.8, 4) is 11.4 Å². The molecule has 28 heavy (non-hydrogen) atoms. The first-order valence-corrected chi connectivity index (χ1v) is 10.1. The Morgan fingerprint density at radius 1 is 1.32 bits per heavy atom. The minimum Gasteiger partial charge on any atom is -0.396 e. The number of ether oxygens (including phenoxy) is 1. The molecule has 6 heteroatoms. The second-order valence-corrected chi connectivity index (χ2v) is 7.94. The van der Waals surface area contributed by atoms with Crippen molar-refractivity contribution in [2.24, 2.45) is 5.41 Å². The fourth-order valence-corrected chi connectivity index (χ4v) is 4.28. The fourth-order valence-electron chi connectivity index (χ4n) is 4.28. The maximum absolute atomic E-state index is 11.9. The van der Waals surface area contributed by atoms with Crippen molar-refractivity contribution in [2.45, 2.75) is 45.8 Å². The first-order chi connectivity index (χ1) is 13.6. The van der Waals surface area contributed by atoms with E-state index in [1.807, 2.05) is 12.1 Å². The minimum atomic E-state index is -0.175. The molecular formula is C22H31N3O3. The summed E-state index contributed by atoms with van der Waals surface area (Å²) in [6.07, 6.45) is 4.44. The number of piperidine rings is 1. The van der Waals surface area contributed by atoms with Crippen molar-refractivity contribution in [2.75, 3.05) is 26.8 Å². The monoisotopic (exact) mass is 385 g/mol. The van der Waals surface area contributed by atoms with Crippen LogP contribution in [0.4, 0.5) is 0 Å². The molecule has 6 nitrogen and oxygen atoms in total. The summed E-state index contributed by atoms with van der Waals surface area (Å²) in [4.78, 5) is 21.6. The summed E-state index contributed by atoms with van der Waals surface area (Å²) in [6.45, 7) is 5.67. The number of nitrogens with one attached hydrogen (secondary N) is 1. The number of likely N-dealkylation sites (tertiary alicyclic amines) is 1. The van der Waals surface area contributed by atoms with E-state index in [1.54, 1.807) is 7.11 Å².